The first-order valence-electron chi connectivity index (χ1n) is 7.35. The van der Waals surface area contributed by atoms with Crippen molar-refractivity contribution in [3.63, 3.8) is 0 Å². The predicted octanol–water partition coefficient (Wildman–Crippen LogP) is 1.88. The van der Waals surface area contributed by atoms with Crippen molar-refractivity contribution in [3.05, 3.63) is 0 Å². The van der Waals surface area contributed by atoms with Gasteiger partial charge in [-0.3, -0.25) is 4.90 Å². The number of hydrogen-bond acceptors (Lipinski definition) is 3. The van der Waals surface area contributed by atoms with E-state index in [1.165, 1.54) is 32.1 Å². The molecule has 17 heavy (non-hydrogen) atoms. The van der Waals surface area contributed by atoms with Gasteiger partial charge >= 0.3 is 0 Å². The molecule has 0 aromatic carbocycles. The van der Waals surface area contributed by atoms with Crippen molar-refractivity contribution in [2.45, 2.75) is 51.2 Å². The first-order valence-corrected chi connectivity index (χ1v) is 7.35. The number of ether oxygens (including phenoxy) is 1. The van der Waals surface area contributed by atoms with Crippen LogP contribution in [0.4, 0.5) is 0 Å². The molecular formula is C14H28N2O. The van der Waals surface area contributed by atoms with E-state index in [1.807, 2.05) is 7.05 Å². The first-order chi connectivity index (χ1) is 8.35. The topological polar surface area (TPSA) is 24.5 Å². The molecule has 0 aromatic heterocycles. The molecule has 2 rings (SSSR count). The minimum absolute atomic E-state index is 0.396. The van der Waals surface area contributed by atoms with Crippen LogP contribution in [0.2, 0.25) is 0 Å². The molecule has 2 aliphatic rings. The SMILES string of the molecule is CCC1CCCCC1N1CCOC(CNC)C1. The van der Waals surface area contributed by atoms with E-state index in [0.717, 1.165) is 38.2 Å². The fourth-order valence-electron chi connectivity index (χ4n) is 3.54. The summed E-state index contributed by atoms with van der Waals surface area (Å²) in [7, 11) is 2.01. The molecule has 0 spiro atoms. The summed E-state index contributed by atoms with van der Waals surface area (Å²) < 4.78 is 5.80. The van der Waals surface area contributed by atoms with Gasteiger partial charge in [0.15, 0.2) is 0 Å². The van der Waals surface area contributed by atoms with Crippen LogP contribution in [-0.4, -0.2) is 50.3 Å². The molecular weight excluding hydrogens is 212 g/mol. The van der Waals surface area contributed by atoms with Gasteiger partial charge in [-0.25, -0.2) is 0 Å². The van der Waals surface area contributed by atoms with E-state index >= 15 is 0 Å². The van der Waals surface area contributed by atoms with Gasteiger partial charge in [0.25, 0.3) is 0 Å². The second kappa shape index (κ2) is 6.72. The summed E-state index contributed by atoms with van der Waals surface area (Å²) in [5.74, 6) is 0.928. The highest BCUT2D eigenvalue weighted by molar-refractivity contribution is 4.86. The molecule has 3 unspecified atom stereocenters. The molecule has 1 aliphatic carbocycles. The first kappa shape index (κ1) is 13.3. The van der Waals surface area contributed by atoms with E-state index in [1.54, 1.807) is 0 Å². The lowest BCUT2D eigenvalue weighted by molar-refractivity contribution is -0.0563. The number of rotatable bonds is 4. The molecule has 0 radical (unpaired) electrons. The summed E-state index contributed by atoms with van der Waals surface area (Å²) in [5.41, 5.74) is 0. The van der Waals surface area contributed by atoms with Crippen LogP contribution in [-0.2, 0) is 4.74 Å². The molecule has 3 heteroatoms. The van der Waals surface area contributed by atoms with Gasteiger partial charge in [0, 0.05) is 25.7 Å². The molecule has 100 valence electrons. The maximum atomic E-state index is 5.80. The Bertz CT molecular complexity index is 220. The zero-order chi connectivity index (χ0) is 12.1. The van der Waals surface area contributed by atoms with E-state index < -0.39 is 0 Å². The van der Waals surface area contributed by atoms with Crippen LogP contribution in [0.3, 0.4) is 0 Å². The monoisotopic (exact) mass is 240 g/mol. The third kappa shape index (κ3) is 3.43. The zero-order valence-electron chi connectivity index (χ0n) is 11.5. The molecule has 0 bridgehead atoms. The summed E-state index contributed by atoms with van der Waals surface area (Å²) in [6.07, 6.45) is 7.46. The Morgan fingerprint density at radius 2 is 2.12 bits per heavy atom. The number of morpholine rings is 1. The van der Waals surface area contributed by atoms with Gasteiger partial charge in [0.05, 0.1) is 12.7 Å². The second-order valence-corrected chi connectivity index (χ2v) is 5.57. The van der Waals surface area contributed by atoms with Gasteiger partial charge in [-0.1, -0.05) is 26.2 Å². The van der Waals surface area contributed by atoms with Crippen molar-refractivity contribution in [1.82, 2.24) is 10.2 Å². The van der Waals surface area contributed by atoms with Crippen LogP contribution in [0.5, 0.6) is 0 Å². The van der Waals surface area contributed by atoms with Gasteiger partial charge in [-0.05, 0) is 25.8 Å². The molecule has 3 atom stereocenters. The highest BCUT2D eigenvalue weighted by atomic mass is 16.5. The minimum atomic E-state index is 0.396. The zero-order valence-corrected chi connectivity index (χ0v) is 11.5. The van der Waals surface area contributed by atoms with Gasteiger partial charge < -0.3 is 10.1 Å². The average molecular weight is 240 g/mol. The van der Waals surface area contributed by atoms with Crippen molar-refractivity contribution in [2.24, 2.45) is 5.92 Å². The maximum absolute atomic E-state index is 5.80. The summed E-state index contributed by atoms with van der Waals surface area (Å²) in [5, 5.41) is 3.23. The van der Waals surface area contributed by atoms with Gasteiger partial charge in [-0.15, -0.1) is 0 Å². The summed E-state index contributed by atoms with van der Waals surface area (Å²) in [4.78, 5) is 2.71. The van der Waals surface area contributed by atoms with Crippen molar-refractivity contribution in [3.8, 4) is 0 Å². The Kier molecular flexibility index (Phi) is 5.26. The standard InChI is InChI=1S/C14H28N2O/c1-3-12-6-4-5-7-14(12)16-8-9-17-13(11-16)10-15-2/h12-15H,3-11H2,1-2H3. The lowest BCUT2D eigenvalue weighted by Crippen LogP contribution is -2.52. The predicted molar refractivity (Wildman–Crippen MR) is 71.3 cm³/mol. The van der Waals surface area contributed by atoms with E-state index in [-0.39, 0.29) is 0 Å². The number of nitrogens with one attached hydrogen (secondary N) is 1. The molecule has 1 heterocycles. The fraction of sp³-hybridized carbons (Fsp3) is 1.00. The van der Waals surface area contributed by atoms with E-state index in [2.05, 4.69) is 17.1 Å². The minimum Gasteiger partial charge on any atom is -0.374 e. The molecule has 1 saturated carbocycles. The number of hydrogen-bond donors (Lipinski definition) is 1. The van der Waals surface area contributed by atoms with Crippen LogP contribution >= 0.6 is 0 Å². The second-order valence-electron chi connectivity index (χ2n) is 5.57. The molecule has 3 nitrogen and oxygen atoms in total. The quantitative estimate of drug-likeness (QED) is 0.812. The van der Waals surface area contributed by atoms with Crippen molar-refractivity contribution in [2.75, 3.05) is 33.3 Å². The highest BCUT2D eigenvalue weighted by Crippen LogP contribution is 2.31. The third-order valence-electron chi connectivity index (χ3n) is 4.46. The molecule has 1 aliphatic heterocycles. The molecule has 0 aromatic rings. The lowest BCUT2D eigenvalue weighted by Gasteiger charge is -2.43. The molecule has 0 amide bonds. The van der Waals surface area contributed by atoms with Gasteiger partial charge in [0.2, 0.25) is 0 Å². The molecule has 1 N–H and O–H groups in total. The maximum Gasteiger partial charge on any atom is 0.0826 e. The van der Waals surface area contributed by atoms with Crippen LogP contribution in [0.25, 0.3) is 0 Å². The smallest absolute Gasteiger partial charge is 0.0826 e. The van der Waals surface area contributed by atoms with Crippen LogP contribution < -0.4 is 5.32 Å². The number of likely N-dealkylation sites (N-methyl/N-ethyl adjacent to an activating group) is 1. The van der Waals surface area contributed by atoms with Gasteiger partial charge in [0.1, 0.15) is 0 Å². The van der Waals surface area contributed by atoms with Crippen molar-refractivity contribution < 1.29 is 4.74 Å². The largest absolute Gasteiger partial charge is 0.374 e. The average Bonchev–Trinajstić information content (AvgIpc) is 2.39. The lowest BCUT2D eigenvalue weighted by atomic mass is 9.81. The van der Waals surface area contributed by atoms with Crippen LogP contribution in [0.15, 0.2) is 0 Å². The Balaban J connectivity index is 1.90. The highest BCUT2D eigenvalue weighted by Gasteiger charge is 2.32. The van der Waals surface area contributed by atoms with E-state index in [4.69, 9.17) is 4.74 Å². The summed E-state index contributed by atoms with van der Waals surface area (Å²) in [6.45, 7) is 6.52. The number of nitrogens with zero attached hydrogens (tertiary/aromatic N) is 1. The van der Waals surface area contributed by atoms with E-state index in [9.17, 15) is 0 Å². The fourth-order valence-corrected chi connectivity index (χ4v) is 3.54. The third-order valence-corrected chi connectivity index (χ3v) is 4.46. The Morgan fingerprint density at radius 3 is 2.88 bits per heavy atom. The molecule has 1 saturated heterocycles. The van der Waals surface area contributed by atoms with Crippen molar-refractivity contribution in [1.29, 1.82) is 0 Å². The Labute approximate surface area is 106 Å². The van der Waals surface area contributed by atoms with Crippen LogP contribution in [0, 0.1) is 5.92 Å². The Hall–Kier alpha value is -0.120. The molecule has 2 fully saturated rings. The van der Waals surface area contributed by atoms with Crippen molar-refractivity contribution >= 4 is 0 Å². The normalized spacial score (nSPS) is 36.0. The van der Waals surface area contributed by atoms with Gasteiger partial charge in [-0.2, -0.15) is 0 Å². The summed E-state index contributed by atoms with van der Waals surface area (Å²) in [6, 6.07) is 0.831. The summed E-state index contributed by atoms with van der Waals surface area (Å²) >= 11 is 0. The Morgan fingerprint density at radius 1 is 1.29 bits per heavy atom. The van der Waals surface area contributed by atoms with Crippen LogP contribution in [0.1, 0.15) is 39.0 Å². The van der Waals surface area contributed by atoms with E-state index in [0.29, 0.717) is 6.10 Å².